The SMILES string of the molecule is CC(C)C(C)c1cc(F)c(Cl)cc1Cl. The van der Waals surface area contributed by atoms with Gasteiger partial charge in [-0.1, -0.05) is 44.0 Å². The van der Waals surface area contributed by atoms with E-state index in [1.807, 2.05) is 6.92 Å². The van der Waals surface area contributed by atoms with Gasteiger partial charge in [0.15, 0.2) is 0 Å². The minimum atomic E-state index is -0.404. The second kappa shape index (κ2) is 4.50. The Labute approximate surface area is 94.0 Å². The van der Waals surface area contributed by atoms with Gasteiger partial charge in [-0.05, 0) is 29.5 Å². The van der Waals surface area contributed by atoms with Crippen molar-refractivity contribution in [1.29, 1.82) is 0 Å². The molecule has 0 saturated heterocycles. The van der Waals surface area contributed by atoms with Gasteiger partial charge in [0.05, 0.1) is 5.02 Å². The summed E-state index contributed by atoms with van der Waals surface area (Å²) < 4.78 is 13.2. The fraction of sp³-hybridized carbons (Fsp3) is 0.455. The van der Waals surface area contributed by atoms with Crippen LogP contribution in [0.4, 0.5) is 4.39 Å². The van der Waals surface area contributed by atoms with Crippen LogP contribution >= 0.6 is 23.2 Å². The molecule has 0 nitrogen and oxygen atoms in total. The van der Waals surface area contributed by atoms with Crippen molar-refractivity contribution in [2.75, 3.05) is 0 Å². The summed E-state index contributed by atoms with van der Waals surface area (Å²) in [5.74, 6) is 0.251. The van der Waals surface area contributed by atoms with Gasteiger partial charge in [-0.25, -0.2) is 4.39 Å². The zero-order valence-corrected chi connectivity index (χ0v) is 9.96. The highest BCUT2D eigenvalue weighted by Crippen LogP contribution is 2.33. The lowest BCUT2D eigenvalue weighted by molar-refractivity contribution is 0.530. The zero-order valence-electron chi connectivity index (χ0n) is 8.44. The van der Waals surface area contributed by atoms with Gasteiger partial charge in [0.25, 0.3) is 0 Å². The van der Waals surface area contributed by atoms with E-state index in [0.717, 1.165) is 5.56 Å². The molecule has 0 fully saturated rings. The Kier molecular flexibility index (Phi) is 3.79. The molecule has 0 radical (unpaired) electrons. The standard InChI is InChI=1S/C11H13Cl2F/c1-6(2)7(3)8-4-11(14)10(13)5-9(8)12/h4-7H,1-3H3. The highest BCUT2D eigenvalue weighted by Gasteiger charge is 2.15. The van der Waals surface area contributed by atoms with Crippen molar-refractivity contribution in [2.24, 2.45) is 5.92 Å². The zero-order chi connectivity index (χ0) is 10.9. The van der Waals surface area contributed by atoms with Crippen molar-refractivity contribution in [3.05, 3.63) is 33.6 Å². The third kappa shape index (κ3) is 2.40. The maximum absolute atomic E-state index is 13.2. The van der Waals surface area contributed by atoms with Crippen molar-refractivity contribution in [1.82, 2.24) is 0 Å². The monoisotopic (exact) mass is 234 g/mol. The molecule has 0 aromatic heterocycles. The molecule has 0 bridgehead atoms. The van der Waals surface area contributed by atoms with Crippen molar-refractivity contribution in [2.45, 2.75) is 26.7 Å². The molecule has 1 aromatic carbocycles. The van der Waals surface area contributed by atoms with E-state index < -0.39 is 5.82 Å². The van der Waals surface area contributed by atoms with Crippen LogP contribution in [0.3, 0.4) is 0 Å². The third-order valence-electron chi connectivity index (χ3n) is 2.53. The van der Waals surface area contributed by atoms with Crippen LogP contribution in [0.5, 0.6) is 0 Å². The third-order valence-corrected chi connectivity index (χ3v) is 3.15. The van der Waals surface area contributed by atoms with Crippen LogP contribution in [0, 0.1) is 11.7 Å². The lowest BCUT2D eigenvalue weighted by Crippen LogP contribution is -2.03. The Morgan fingerprint density at radius 2 is 1.64 bits per heavy atom. The Morgan fingerprint density at radius 1 is 1.07 bits per heavy atom. The van der Waals surface area contributed by atoms with Crippen molar-refractivity contribution < 1.29 is 4.39 Å². The Morgan fingerprint density at radius 3 is 2.14 bits per heavy atom. The lowest BCUT2D eigenvalue weighted by Gasteiger charge is -2.17. The molecule has 0 aliphatic rings. The van der Waals surface area contributed by atoms with Crippen molar-refractivity contribution >= 4 is 23.2 Å². The summed E-state index contributed by atoms with van der Waals surface area (Å²) in [5.41, 5.74) is 0.823. The molecule has 1 atom stereocenters. The van der Waals surface area contributed by atoms with E-state index in [4.69, 9.17) is 23.2 Å². The topological polar surface area (TPSA) is 0 Å². The van der Waals surface area contributed by atoms with E-state index in [-0.39, 0.29) is 10.9 Å². The van der Waals surface area contributed by atoms with Crippen molar-refractivity contribution in [3.8, 4) is 0 Å². The quantitative estimate of drug-likeness (QED) is 0.640. The highest BCUT2D eigenvalue weighted by molar-refractivity contribution is 6.35. The normalized spacial score (nSPS) is 13.4. The number of hydrogen-bond acceptors (Lipinski definition) is 0. The maximum atomic E-state index is 13.2. The Balaban J connectivity index is 3.15. The number of benzene rings is 1. The average molecular weight is 235 g/mol. The predicted molar refractivity (Wildman–Crippen MR) is 59.7 cm³/mol. The first kappa shape index (κ1) is 11.8. The second-order valence-electron chi connectivity index (χ2n) is 3.82. The fourth-order valence-corrected chi connectivity index (χ4v) is 1.80. The summed E-state index contributed by atoms with van der Waals surface area (Å²) in [6.07, 6.45) is 0. The number of halogens is 3. The molecular weight excluding hydrogens is 222 g/mol. The van der Waals surface area contributed by atoms with Gasteiger partial charge in [0.1, 0.15) is 5.82 Å². The van der Waals surface area contributed by atoms with Crippen LogP contribution < -0.4 is 0 Å². The van der Waals surface area contributed by atoms with Gasteiger partial charge in [0.2, 0.25) is 0 Å². The molecule has 14 heavy (non-hydrogen) atoms. The van der Waals surface area contributed by atoms with Crippen LogP contribution in [-0.4, -0.2) is 0 Å². The molecule has 1 rings (SSSR count). The summed E-state index contributed by atoms with van der Waals surface area (Å²) in [6.45, 7) is 6.18. The number of rotatable bonds is 2. The molecular formula is C11H13Cl2F. The summed E-state index contributed by atoms with van der Waals surface area (Å²) in [7, 11) is 0. The summed E-state index contributed by atoms with van der Waals surface area (Å²) >= 11 is 11.6. The molecule has 3 heteroatoms. The van der Waals surface area contributed by atoms with Crippen molar-refractivity contribution in [3.63, 3.8) is 0 Å². The van der Waals surface area contributed by atoms with Gasteiger partial charge >= 0.3 is 0 Å². The Bertz CT molecular complexity index is 334. The van der Waals surface area contributed by atoms with E-state index >= 15 is 0 Å². The van der Waals surface area contributed by atoms with Gasteiger partial charge in [0, 0.05) is 5.02 Å². The van der Waals surface area contributed by atoms with Crippen LogP contribution in [0.15, 0.2) is 12.1 Å². The van der Waals surface area contributed by atoms with Gasteiger partial charge < -0.3 is 0 Å². The largest absolute Gasteiger partial charge is 0.205 e. The summed E-state index contributed by atoms with van der Waals surface area (Å²) in [5, 5.41) is 0.618. The first-order chi connectivity index (χ1) is 6.43. The fourth-order valence-electron chi connectivity index (χ4n) is 1.25. The van der Waals surface area contributed by atoms with Crippen LogP contribution in [0.1, 0.15) is 32.3 Å². The number of hydrogen-bond donors (Lipinski definition) is 0. The van der Waals surface area contributed by atoms with E-state index in [1.54, 1.807) is 0 Å². The predicted octanol–water partition coefficient (Wildman–Crippen LogP) is 4.89. The molecule has 0 aliphatic carbocycles. The van der Waals surface area contributed by atoms with E-state index in [2.05, 4.69) is 13.8 Å². The molecule has 0 heterocycles. The molecule has 0 N–H and O–H groups in total. The second-order valence-corrected chi connectivity index (χ2v) is 4.63. The molecule has 1 aromatic rings. The minimum Gasteiger partial charge on any atom is -0.205 e. The van der Waals surface area contributed by atoms with Gasteiger partial charge in [-0.2, -0.15) is 0 Å². The van der Waals surface area contributed by atoms with E-state index in [9.17, 15) is 4.39 Å². The highest BCUT2D eigenvalue weighted by atomic mass is 35.5. The van der Waals surface area contributed by atoms with Crippen LogP contribution in [0.2, 0.25) is 10.0 Å². The molecule has 0 spiro atoms. The first-order valence-electron chi connectivity index (χ1n) is 4.58. The summed E-state index contributed by atoms with van der Waals surface area (Å²) in [4.78, 5) is 0. The van der Waals surface area contributed by atoms with Crippen LogP contribution in [0.25, 0.3) is 0 Å². The first-order valence-corrected chi connectivity index (χ1v) is 5.33. The molecule has 0 amide bonds. The molecule has 1 unspecified atom stereocenters. The molecule has 78 valence electrons. The van der Waals surface area contributed by atoms with E-state index in [1.165, 1.54) is 12.1 Å². The van der Waals surface area contributed by atoms with E-state index in [0.29, 0.717) is 10.9 Å². The summed E-state index contributed by atoms with van der Waals surface area (Å²) in [6, 6.07) is 2.89. The van der Waals surface area contributed by atoms with Gasteiger partial charge in [-0.3, -0.25) is 0 Å². The van der Waals surface area contributed by atoms with Crippen LogP contribution in [-0.2, 0) is 0 Å². The maximum Gasteiger partial charge on any atom is 0.142 e. The smallest absolute Gasteiger partial charge is 0.142 e. The lowest BCUT2D eigenvalue weighted by atomic mass is 9.90. The van der Waals surface area contributed by atoms with Gasteiger partial charge in [-0.15, -0.1) is 0 Å². The Hall–Kier alpha value is -0.270. The molecule has 0 saturated carbocycles. The minimum absolute atomic E-state index is 0.0784. The average Bonchev–Trinajstić information content (AvgIpc) is 2.10. The molecule has 0 aliphatic heterocycles.